The third kappa shape index (κ3) is 8.24. The Hall–Kier alpha value is -2.50. The van der Waals surface area contributed by atoms with Gasteiger partial charge in [-0.05, 0) is 37.0 Å². The Morgan fingerprint density at radius 1 is 1.12 bits per heavy atom. The van der Waals surface area contributed by atoms with Gasteiger partial charge in [0.25, 0.3) is 0 Å². The number of carbonyl (C=O) groups is 2. The molecule has 6 nitrogen and oxygen atoms in total. The van der Waals surface area contributed by atoms with Gasteiger partial charge in [0.2, 0.25) is 0 Å². The smallest absolute Gasteiger partial charge is 0.407 e. The molecular weight excluding hydrogens is 322 g/mol. The highest BCUT2D eigenvalue weighted by Gasteiger charge is 2.05. The molecule has 0 aromatic heterocycles. The molecule has 1 unspecified atom stereocenters. The SMILES string of the molecule is C=C(C)C(=O)OCCNC(=O)OCCOc1ccc(C(C)CC)cc1. The predicted molar refractivity (Wildman–Crippen MR) is 95.8 cm³/mol. The minimum atomic E-state index is -0.581. The Morgan fingerprint density at radius 3 is 2.40 bits per heavy atom. The summed E-state index contributed by atoms with van der Waals surface area (Å²) in [4.78, 5) is 22.6. The summed E-state index contributed by atoms with van der Waals surface area (Å²) in [5.74, 6) is 0.779. The Morgan fingerprint density at radius 2 is 1.80 bits per heavy atom. The largest absolute Gasteiger partial charge is 0.490 e. The highest BCUT2D eigenvalue weighted by atomic mass is 16.6. The van der Waals surface area contributed by atoms with E-state index in [1.807, 2.05) is 24.3 Å². The highest BCUT2D eigenvalue weighted by molar-refractivity contribution is 5.86. The molecule has 0 aliphatic rings. The number of alkyl carbamates (subject to hydrolysis) is 1. The van der Waals surface area contributed by atoms with Crippen molar-refractivity contribution in [2.45, 2.75) is 33.1 Å². The van der Waals surface area contributed by atoms with Crippen LogP contribution >= 0.6 is 0 Å². The van der Waals surface area contributed by atoms with Crippen LogP contribution in [0.5, 0.6) is 5.75 Å². The summed E-state index contributed by atoms with van der Waals surface area (Å²) >= 11 is 0. The summed E-state index contributed by atoms with van der Waals surface area (Å²) in [5.41, 5.74) is 1.59. The van der Waals surface area contributed by atoms with Gasteiger partial charge in [0, 0.05) is 5.57 Å². The van der Waals surface area contributed by atoms with E-state index in [0.29, 0.717) is 11.5 Å². The first-order valence-electron chi connectivity index (χ1n) is 8.40. The van der Waals surface area contributed by atoms with Crippen molar-refractivity contribution in [2.75, 3.05) is 26.4 Å². The number of ether oxygens (including phenoxy) is 3. The maximum Gasteiger partial charge on any atom is 0.407 e. The van der Waals surface area contributed by atoms with Crippen LogP contribution in [0, 0.1) is 0 Å². The zero-order chi connectivity index (χ0) is 18.7. The normalized spacial score (nSPS) is 11.3. The van der Waals surface area contributed by atoms with Crippen LogP contribution < -0.4 is 10.1 Å². The van der Waals surface area contributed by atoms with Gasteiger partial charge in [-0.2, -0.15) is 0 Å². The van der Waals surface area contributed by atoms with Gasteiger partial charge in [-0.1, -0.05) is 32.6 Å². The van der Waals surface area contributed by atoms with Gasteiger partial charge in [-0.25, -0.2) is 9.59 Å². The maximum atomic E-state index is 11.4. The molecule has 1 aromatic carbocycles. The average molecular weight is 349 g/mol. The van der Waals surface area contributed by atoms with Crippen LogP contribution in [0.25, 0.3) is 0 Å². The second-order valence-corrected chi connectivity index (χ2v) is 5.71. The number of rotatable bonds is 10. The van der Waals surface area contributed by atoms with Gasteiger partial charge in [0.1, 0.15) is 25.6 Å². The molecule has 0 saturated carbocycles. The van der Waals surface area contributed by atoms with Crippen LogP contribution in [-0.4, -0.2) is 38.4 Å². The molecule has 0 fully saturated rings. The number of benzene rings is 1. The van der Waals surface area contributed by atoms with Crippen LogP contribution in [0.2, 0.25) is 0 Å². The van der Waals surface area contributed by atoms with Gasteiger partial charge in [-0.15, -0.1) is 0 Å². The summed E-state index contributed by atoms with van der Waals surface area (Å²) in [6.07, 6.45) is 0.511. The first-order chi connectivity index (χ1) is 11.9. The van der Waals surface area contributed by atoms with Crippen LogP contribution in [0.15, 0.2) is 36.4 Å². The molecule has 138 valence electrons. The van der Waals surface area contributed by atoms with Crippen LogP contribution in [0.4, 0.5) is 4.79 Å². The molecular formula is C19H27NO5. The van der Waals surface area contributed by atoms with Crippen molar-refractivity contribution < 1.29 is 23.8 Å². The molecule has 1 aromatic rings. The molecule has 0 saturated heterocycles. The molecule has 25 heavy (non-hydrogen) atoms. The van der Waals surface area contributed by atoms with E-state index in [2.05, 4.69) is 25.7 Å². The van der Waals surface area contributed by atoms with Gasteiger partial charge >= 0.3 is 12.1 Å². The fourth-order valence-corrected chi connectivity index (χ4v) is 1.89. The molecule has 1 atom stereocenters. The summed E-state index contributed by atoms with van der Waals surface area (Å²) in [6.45, 7) is 10.00. The molecule has 0 spiro atoms. The summed E-state index contributed by atoms with van der Waals surface area (Å²) < 4.78 is 15.3. The van der Waals surface area contributed by atoms with E-state index in [4.69, 9.17) is 14.2 Å². The Labute approximate surface area is 149 Å². The van der Waals surface area contributed by atoms with E-state index in [1.54, 1.807) is 6.92 Å². The number of amides is 1. The number of carbonyl (C=O) groups excluding carboxylic acids is 2. The Balaban J connectivity index is 2.13. The Kier molecular flexibility index (Phi) is 9.14. The quantitative estimate of drug-likeness (QED) is 0.398. The first kappa shape index (κ1) is 20.5. The molecule has 1 N–H and O–H groups in total. The molecule has 0 aliphatic carbocycles. The van der Waals surface area contributed by atoms with E-state index in [0.717, 1.165) is 12.2 Å². The highest BCUT2D eigenvalue weighted by Crippen LogP contribution is 2.21. The number of hydrogen-bond donors (Lipinski definition) is 1. The minimum Gasteiger partial charge on any atom is -0.490 e. The fourth-order valence-electron chi connectivity index (χ4n) is 1.89. The molecule has 6 heteroatoms. The lowest BCUT2D eigenvalue weighted by Gasteiger charge is -2.11. The number of esters is 1. The topological polar surface area (TPSA) is 73.9 Å². The second-order valence-electron chi connectivity index (χ2n) is 5.71. The molecule has 0 heterocycles. The molecule has 0 aliphatic heterocycles. The van der Waals surface area contributed by atoms with E-state index in [1.165, 1.54) is 5.56 Å². The molecule has 0 radical (unpaired) electrons. The maximum absolute atomic E-state index is 11.4. The zero-order valence-electron chi connectivity index (χ0n) is 15.2. The molecule has 0 bridgehead atoms. The van der Waals surface area contributed by atoms with E-state index in [-0.39, 0.29) is 26.4 Å². The average Bonchev–Trinajstić information content (AvgIpc) is 2.61. The van der Waals surface area contributed by atoms with E-state index < -0.39 is 12.1 Å². The van der Waals surface area contributed by atoms with Gasteiger partial charge < -0.3 is 19.5 Å². The van der Waals surface area contributed by atoms with Crippen molar-refractivity contribution in [1.29, 1.82) is 0 Å². The summed E-state index contributed by atoms with van der Waals surface area (Å²) in [5, 5.41) is 2.48. The number of hydrogen-bond acceptors (Lipinski definition) is 5. The van der Waals surface area contributed by atoms with Crippen LogP contribution in [0.3, 0.4) is 0 Å². The standard InChI is InChI=1S/C19H27NO5/c1-5-15(4)16-6-8-17(9-7-16)23-12-13-25-19(22)20-10-11-24-18(21)14(2)3/h6-9,15H,2,5,10-13H2,1,3-4H3,(H,20,22). The molecule has 1 rings (SSSR count). The van der Waals surface area contributed by atoms with Crippen molar-refractivity contribution in [2.24, 2.45) is 0 Å². The van der Waals surface area contributed by atoms with Crippen molar-refractivity contribution in [1.82, 2.24) is 5.32 Å². The van der Waals surface area contributed by atoms with Crippen molar-refractivity contribution in [3.63, 3.8) is 0 Å². The summed E-state index contributed by atoms with van der Waals surface area (Å²) in [7, 11) is 0. The second kappa shape index (κ2) is 11.1. The van der Waals surface area contributed by atoms with Crippen molar-refractivity contribution in [3.8, 4) is 5.75 Å². The van der Waals surface area contributed by atoms with E-state index >= 15 is 0 Å². The van der Waals surface area contributed by atoms with Crippen LogP contribution in [0.1, 0.15) is 38.7 Å². The van der Waals surface area contributed by atoms with Crippen LogP contribution in [-0.2, 0) is 14.3 Å². The minimum absolute atomic E-state index is 0.0693. The van der Waals surface area contributed by atoms with Gasteiger partial charge in [0.05, 0.1) is 6.54 Å². The monoisotopic (exact) mass is 349 g/mol. The lowest BCUT2D eigenvalue weighted by atomic mass is 9.99. The van der Waals surface area contributed by atoms with Gasteiger partial charge in [-0.3, -0.25) is 0 Å². The molecule has 1 amide bonds. The van der Waals surface area contributed by atoms with E-state index in [9.17, 15) is 9.59 Å². The van der Waals surface area contributed by atoms with Crippen molar-refractivity contribution >= 4 is 12.1 Å². The fraction of sp³-hybridized carbons (Fsp3) is 0.474. The Bertz CT molecular complexity index is 568. The first-order valence-corrected chi connectivity index (χ1v) is 8.40. The lowest BCUT2D eigenvalue weighted by molar-refractivity contribution is -0.138. The van der Waals surface area contributed by atoms with Gasteiger partial charge in [0.15, 0.2) is 0 Å². The third-order valence-corrected chi connectivity index (χ3v) is 3.60. The lowest BCUT2D eigenvalue weighted by Crippen LogP contribution is -2.29. The predicted octanol–water partition coefficient (Wildman–Crippen LogP) is 3.42. The third-order valence-electron chi connectivity index (χ3n) is 3.60. The summed E-state index contributed by atoms with van der Waals surface area (Å²) in [6, 6.07) is 7.92. The van der Waals surface area contributed by atoms with Crippen molar-refractivity contribution in [3.05, 3.63) is 42.0 Å². The zero-order valence-corrected chi connectivity index (χ0v) is 15.2. The number of nitrogens with one attached hydrogen (secondary N) is 1.